The molecule has 3 aromatic rings. The molecule has 0 amide bonds. The van der Waals surface area contributed by atoms with E-state index in [0.717, 1.165) is 0 Å². The first-order valence-corrected chi connectivity index (χ1v) is 6.89. The highest BCUT2D eigenvalue weighted by Gasteiger charge is 2.05. The Morgan fingerprint density at radius 2 is 1.25 bits per heavy atom. The van der Waals surface area contributed by atoms with Crippen molar-refractivity contribution in [2.45, 2.75) is 13.8 Å². The van der Waals surface area contributed by atoms with E-state index in [1.807, 2.05) is 12.1 Å². The molecule has 0 atom stereocenters. The lowest BCUT2D eigenvalue weighted by Gasteiger charge is -2.10. The minimum Gasteiger partial charge on any atom is -0.0622 e. The van der Waals surface area contributed by atoms with Gasteiger partial charge in [-0.2, -0.15) is 0 Å². The van der Waals surface area contributed by atoms with Gasteiger partial charge >= 0.3 is 0 Å². The Hall–Kier alpha value is -2.34. The first-order chi connectivity index (χ1) is 9.75. The van der Waals surface area contributed by atoms with Gasteiger partial charge in [-0.15, -0.1) is 0 Å². The second-order valence-corrected chi connectivity index (χ2v) is 5.10. The van der Waals surface area contributed by atoms with Crippen molar-refractivity contribution in [3.05, 3.63) is 83.9 Å². The zero-order chi connectivity index (χ0) is 13.9. The summed E-state index contributed by atoms with van der Waals surface area (Å²) in [5.41, 5.74) is 7.58. The summed E-state index contributed by atoms with van der Waals surface area (Å²) in [4.78, 5) is 0. The average molecular weight is 257 g/mol. The molecule has 0 aromatic heterocycles. The number of aryl methyl sites for hydroxylation is 2. The normalized spacial score (nSPS) is 10.5. The first kappa shape index (κ1) is 12.7. The smallest absolute Gasteiger partial charge is 0.0119 e. The predicted molar refractivity (Wildman–Crippen MR) is 85.6 cm³/mol. The fourth-order valence-electron chi connectivity index (χ4n) is 2.65. The van der Waals surface area contributed by atoms with Crippen molar-refractivity contribution in [2.75, 3.05) is 0 Å². The molecule has 3 aromatic carbocycles. The Morgan fingerprint density at radius 3 is 1.90 bits per heavy atom. The quantitative estimate of drug-likeness (QED) is 0.573. The highest BCUT2D eigenvalue weighted by Crippen LogP contribution is 2.29. The Labute approximate surface area is 120 Å². The summed E-state index contributed by atoms with van der Waals surface area (Å²) in [6, 6.07) is 26.7. The van der Waals surface area contributed by atoms with E-state index >= 15 is 0 Å². The number of benzene rings is 3. The maximum Gasteiger partial charge on any atom is -0.0119 e. The van der Waals surface area contributed by atoms with Crippen LogP contribution >= 0.6 is 0 Å². The lowest BCUT2D eigenvalue weighted by molar-refractivity contribution is 1.37. The van der Waals surface area contributed by atoms with Crippen LogP contribution in [0.15, 0.2) is 66.7 Å². The van der Waals surface area contributed by atoms with Gasteiger partial charge in [0.1, 0.15) is 0 Å². The standard InChI is InChI=1S/C20H17/c1-15-7-6-8-16(2)20(15)19-13-11-18(12-14-19)17-9-4-3-5-10-17/h3-7,9-14H,1-2H3. The van der Waals surface area contributed by atoms with E-state index in [0.29, 0.717) is 0 Å². The minimum absolute atomic E-state index is 1.21. The molecule has 0 bridgehead atoms. The lowest BCUT2D eigenvalue weighted by Crippen LogP contribution is -1.88. The molecule has 0 saturated heterocycles. The SMILES string of the molecule is Cc1[c]ccc(C)c1-c1ccc(-c2ccccc2)cc1. The van der Waals surface area contributed by atoms with Crippen molar-refractivity contribution < 1.29 is 0 Å². The van der Waals surface area contributed by atoms with Crippen LogP contribution in [0, 0.1) is 19.9 Å². The van der Waals surface area contributed by atoms with Gasteiger partial charge in [-0.1, -0.05) is 66.7 Å². The molecule has 0 aliphatic carbocycles. The molecule has 20 heavy (non-hydrogen) atoms. The molecule has 0 heterocycles. The van der Waals surface area contributed by atoms with Crippen LogP contribution in [0.1, 0.15) is 11.1 Å². The molecule has 0 N–H and O–H groups in total. The van der Waals surface area contributed by atoms with E-state index in [4.69, 9.17) is 0 Å². The van der Waals surface area contributed by atoms with E-state index < -0.39 is 0 Å². The van der Waals surface area contributed by atoms with E-state index in [-0.39, 0.29) is 0 Å². The largest absolute Gasteiger partial charge is 0.0622 e. The van der Waals surface area contributed by atoms with Crippen molar-refractivity contribution in [3.8, 4) is 22.3 Å². The monoisotopic (exact) mass is 257 g/mol. The van der Waals surface area contributed by atoms with Crippen molar-refractivity contribution in [1.29, 1.82) is 0 Å². The van der Waals surface area contributed by atoms with Gasteiger partial charge in [0, 0.05) is 0 Å². The van der Waals surface area contributed by atoms with Gasteiger partial charge in [0.25, 0.3) is 0 Å². The van der Waals surface area contributed by atoms with Crippen LogP contribution in [-0.2, 0) is 0 Å². The molecular weight excluding hydrogens is 240 g/mol. The fraction of sp³-hybridized carbons (Fsp3) is 0.100. The Balaban J connectivity index is 2.02. The molecule has 0 aliphatic heterocycles. The van der Waals surface area contributed by atoms with E-state index in [1.54, 1.807) is 0 Å². The molecule has 97 valence electrons. The van der Waals surface area contributed by atoms with Crippen molar-refractivity contribution in [1.82, 2.24) is 0 Å². The second-order valence-electron chi connectivity index (χ2n) is 5.10. The van der Waals surface area contributed by atoms with Gasteiger partial charge in [0.05, 0.1) is 0 Å². The van der Waals surface area contributed by atoms with Crippen LogP contribution in [-0.4, -0.2) is 0 Å². The van der Waals surface area contributed by atoms with Crippen molar-refractivity contribution in [3.63, 3.8) is 0 Å². The maximum atomic E-state index is 3.29. The summed E-state index contributed by atoms with van der Waals surface area (Å²) >= 11 is 0. The van der Waals surface area contributed by atoms with Crippen LogP contribution in [0.4, 0.5) is 0 Å². The Kier molecular flexibility index (Phi) is 3.39. The first-order valence-electron chi connectivity index (χ1n) is 6.89. The highest BCUT2D eigenvalue weighted by atomic mass is 14.1. The summed E-state index contributed by atoms with van der Waals surface area (Å²) in [5, 5.41) is 0. The van der Waals surface area contributed by atoms with Crippen LogP contribution < -0.4 is 0 Å². The number of rotatable bonds is 2. The van der Waals surface area contributed by atoms with Gasteiger partial charge < -0.3 is 0 Å². The lowest BCUT2D eigenvalue weighted by atomic mass is 9.94. The second kappa shape index (κ2) is 5.34. The molecule has 0 heteroatoms. The fourth-order valence-corrected chi connectivity index (χ4v) is 2.65. The molecule has 1 radical (unpaired) electrons. The topological polar surface area (TPSA) is 0 Å². The van der Waals surface area contributed by atoms with E-state index in [2.05, 4.69) is 74.5 Å². The third-order valence-electron chi connectivity index (χ3n) is 3.68. The summed E-state index contributed by atoms with van der Waals surface area (Å²) in [6.45, 7) is 4.27. The van der Waals surface area contributed by atoms with Crippen LogP contribution in [0.3, 0.4) is 0 Å². The van der Waals surface area contributed by atoms with Gasteiger partial charge in [-0.05, 0) is 53.3 Å². The Morgan fingerprint density at radius 1 is 0.650 bits per heavy atom. The van der Waals surface area contributed by atoms with Crippen LogP contribution in [0.2, 0.25) is 0 Å². The van der Waals surface area contributed by atoms with E-state index in [1.165, 1.54) is 33.4 Å². The van der Waals surface area contributed by atoms with Gasteiger partial charge in [0.2, 0.25) is 0 Å². The minimum atomic E-state index is 1.21. The van der Waals surface area contributed by atoms with Crippen LogP contribution in [0.5, 0.6) is 0 Å². The summed E-state index contributed by atoms with van der Waals surface area (Å²) in [5.74, 6) is 0. The molecule has 0 unspecified atom stereocenters. The van der Waals surface area contributed by atoms with Gasteiger partial charge in [-0.3, -0.25) is 0 Å². The maximum absolute atomic E-state index is 3.29. The molecular formula is C20H17. The Bertz CT molecular complexity index is 687. The molecule has 0 spiro atoms. The van der Waals surface area contributed by atoms with Crippen molar-refractivity contribution in [2.24, 2.45) is 0 Å². The molecule has 0 aliphatic rings. The number of hydrogen-bond donors (Lipinski definition) is 0. The third-order valence-corrected chi connectivity index (χ3v) is 3.68. The van der Waals surface area contributed by atoms with E-state index in [9.17, 15) is 0 Å². The van der Waals surface area contributed by atoms with Gasteiger partial charge in [0.15, 0.2) is 0 Å². The summed E-state index contributed by atoms with van der Waals surface area (Å²) < 4.78 is 0. The van der Waals surface area contributed by atoms with Crippen molar-refractivity contribution >= 4 is 0 Å². The average Bonchev–Trinajstić information content (AvgIpc) is 2.49. The molecule has 3 rings (SSSR count). The van der Waals surface area contributed by atoms with Gasteiger partial charge in [-0.25, -0.2) is 0 Å². The van der Waals surface area contributed by atoms with Crippen LogP contribution in [0.25, 0.3) is 22.3 Å². The molecule has 0 saturated carbocycles. The predicted octanol–water partition coefficient (Wildman–Crippen LogP) is 5.44. The highest BCUT2D eigenvalue weighted by molar-refractivity contribution is 5.74. The zero-order valence-corrected chi connectivity index (χ0v) is 11.9. The third kappa shape index (κ3) is 2.37. The summed E-state index contributed by atoms with van der Waals surface area (Å²) in [6.07, 6.45) is 0. The molecule has 0 fully saturated rings. The molecule has 0 nitrogen and oxygen atoms in total. The number of hydrogen-bond acceptors (Lipinski definition) is 0. The zero-order valence-electron chi connectivity index (χ0n) is 11.9. The summed E-state index contributed by atoms with van der Waals surface area (Å²) in [7, 11) is 0.